The molecule has 1 aliphatic rings. The Balaban J connectivity index is 1.95. The van der Waals surface area contributed by atoms with Crippen molar-refractivity contribution >= 4 is 12.3 Å². The summed E-state index contributed by atoms with van der Waals surface area (Å²) in [7, 11) is 0. The molecule has 0 aliphatic heterocycles. The highest BCUT2D eigenvalue weighted by Gasteiger charge is 2.18. The molecule has 3 heteroatoms. The summed E-state index contributed by atoms with van der Waals surface area (Å²) in [6.07, 6.45) is 6.29. The lowest BCUT2D eigenvalue weighted by Crippen LogP contribution is -2.20. The van der Waals surface area contributed by atoms with E-state index in [2.05, 4.69) is 0 Å². The minimum atomic E-state index is -0.283. The first-order chi connectivity index (χ1) is 8.29. The molecule has 1 fully saturated rings. The number of ether oxygens (including phenoxy) is 1. The van der Waals surface area contributed by atoms with Crippen molar-refractivity contribution in [3.8, 4) is 0 Å². The molecule has 1 aromatic rings. The maximum Gasteiger partial charge on any atom is 0.338 e. The van der Waals surface area contributed by atoms with Gasteiger partial charge in [0.25, 0.3) is 0 Å². The molecule has 0 bridgehead atoms. The Morgan fingerprint density at radius 1 is 1.12 bits per heavy atom. The molecule has 1 aliphatic carbocycles. The maximum absolute atomic E-state index is 11.8. The van der Waals surface area contributed by atoms with E-state index in [9.17, 15) is 9.59 Å². The van der Waals surface area contributed by atoms with Gasteiger partial charge in [0.15, 0.2) is 0 Å². The molecule has 2 rings (SSSR count). The van der Waals surface area contributed by atoms with Crippen LogP contribution in [0.3, 0.4) is 0 Å². The standard InChI is InChI=1S/C14H16O3/c15-10-11-6-8-12(9-7-11)14(16)17-13-4-2-1-3-5-13/h6-10,13H,1-5H2. The third-order valence-corrected chi connectivity index (χ3v) is 3.11. The molecule has 0 radical (unpaired) electrons. The van der Waals surface area contributed by atoms with Gasteiger partial charge in [0.05, 0.1) is 5.56 Å². The van der Waals surface area contributed by atoms with E-state index in [1.54, 1.807) is 24.3 Å². The van der Waals surface area contributed by atoms with Crippen molar-refractivity contribution in [2.75, 3.05) is 0 Å². The van der Waals surface area contributed by atoms with Gasteiger partial charge in [-0.25, -0.2) is 4.79 Å². The average Bonchev–Trinajstić information content (AvgIpc) is 2.40. The van der Waals surface area contributed by atoms with Gasteiger partial charge in [0.1, 0.15) is 12.4 Å². The Kier molecular flexibility index (Phi) is 3.91. The Morgan fingerprint density at radius 2 is 1.76 bits per heavy atom. The zero-order valence-electron chi connectivity index (χ0n) is 9.72. The third kappa shape index (κ3) is 3.16. The van der Waals surface area contributed by atoms with Gasteiger partial charge >= 0.3 is 5.97 Å². The van der Waals surface area contributed by atoms with E-state index in [-0.39, 0.29) is 12.1 Å². The number of hydrogen-bond donors (Lipinski definition) is 0. The maximum atomic E-state index is 11.8. The minimum Gasteiger partial charge on any atom is -0.459 e. The third-order valence-electron chi connectivity index (χ3n) is 3.11. The van der Waals surface area contributed by atoms with Crippen molar-refractivity contribution in [3.05, 3.63) is 35.4 Å². The molecule has 1 saturated carbocycles. The number of hydrogen-bond acceptors (Lipinski definition) is 3. The van der Waals surface area contributed by atoms with Crippen LogP contribution < -0.4 is 0 Å². The Bertz CT molecular complexity index is 388. The van der Waals surface area contributed by atoms with Crippen molar-refractivity contribution in [2.45, 2.75) is 38.2 Å². The lowest BCUT2D eigenvalue weighted by atomic mass is 9.98. The van der Waals surface area contributed by atoms with Gasteiger partial charge in [-0.1, -0.05) is 18.6 Å². The van der Waals surface area contributed by atoms with Crippen LogP contribution in [0.4, 0.5) is 0 Å². The highest BCUT2D eigenvalue weighted by atomic mass is 16.5. The van der Waals surface area contributed by atoms with Crippen molar-refractivity contribution in [3.63, 3.8) is 0 Å². The van der Waals surface area contributed by atoms with E-state index in [0.29, 0.717) is 11.1 Å². The predicted molar refractivity (Wildman–Crippen MR) is 64.1 cm³/mol. The number of carbonyl (C=O) groups is 2. The summed E-state index contributed by atoms with van der Waals surface area (Å²) >= 11 is 0. The van der Waals surface area contributed by atoms with Gasteiger partial charge in [-0.05, 0) is 37.8 Å². The van der Waals surface area contributed by atoms with Gasteiger partial charge in [-0.2, -0.15) is 0 Å². The van der Waals surface area contributed by atoms with Crippen molar-refractivity contribution in [2.24, 2.45) is 0 Å². The van der Waals surface area contributed by atoms with Gasteiger partial charge in [-0.3, -0.25) is 4.79 Å². The van der Waals surface area contributed by atoms with Gasteiger partial charge in [0.2, 0.25) is 0 Å². The summed E-state index contributed by atoms with van der Waals surface area (Å²) in [6.45, 7) is 0. The molecule has 17 heavy (non-hydrogen) atoms. The zero-order chi connectivity index (χ0) is 12.1. The SMILES string of the molecule is O=Cc1ccc(C(=O)OC2CCCCC2)cc1. The largest absolute Gasteiger partial charge is 0.459 e. The van der Waals surface area contributed by atoms with Crippen LogP contribution in [0.1, 0.15) is 52.8 Å². The van der Waals surface area contributed by atoms with E-state index >= 15 is 0 Å². The second-order valence-electron chi connectivity index (χ2n) is 4.41. The molecule has 0 saturated heterocycles. The highest BCUT2D eigenvalue weighted by molar-refractivity contribution is 5.90. The number of aldehydes is 1. The van der Waals surface area contributed by atoms with Crippen molar-refractivity contribution < 1.29 is 14.3 Å². The fourth-order valence-electron chi connectivity index (χ4n) is 2.10. The van der Waals surface area contributed by atoms with E-state index < -0.39 is 0 Å². The summed E-state index contributed by atoms with van der Waals surface area (Å²) in [4.78, 5) is 22.3. The van der Waals surface area contributed by atoms with Crippen LogP contribution in [0.5, 0.6) is 0 Å². The van der Waals surface area contributed by atoms with Crippen molar-refractivity contribution in [1.29, 1.82) is 0 Å². The molecule has 0 aromatic heterocycles. The van der Waals surface area contributed by atoms with Crippen molar-refractivity contribution in [1.82, 2.24) is 0 Å². The topological polar surface area (TPSA) is 43.4 Å². The first-order valence-corrected chi connectivity index (χ1v) is 6.06. The fraction of sp³-hybridized carbons (Fsp3) is 0.429. The summed E-state index contributed by atoms with van der Waals surface area (Å²) < 4.78 is 5.42. The molecule has 0 atom stereocenters. The van der Waals surface area contributed by atoms with Crippen LogP contribution in [-0.2, 0) is 4.74 Å². The molecular weight excluding hydrogens is 216 g/mol. The van der Waals surface area contributed by atoms with E-state index in [1.165, 1.54) is 6.42 Å². The number of esters is 1. The average molecular weight is 232 g/mol. The quantitative estimate of drug-likeness (QED) is 0.594. The lowest BCUT2D eigenvalue weighted by molar-refractivity contribution is 0.0211. The Hall–Kier alpha value is -1.64. The minimum absolute atomic E-state index is 0.0713. The highest BCUT2D eigenvalue weighted by Crippen LogP contribution is 2.21. The van der Waals surface area contributed by atoms with Gasteiger partial charge < -0.3 is 4.74 Å². The number of rotatable bonds is 3. The van der Waals surface area contributed by atoms with Crippen LogP contribution in [0, 0.1) is 0 Å². The number of benzene rings is 1. The summed E-state index contributed by atoms with van der Waals surface area (Å²) in [6, 6.07) is 6.53. The molecule has 0 heterocycles. The Labute approximate surface area is 101 Å². The molecule has 0 spiro atoms. The molecular formula is C14H16O3. The second kappa shape index (κ2) is 5.62. The van der Waals surface area contributed by atoms with Crippen LogP contribution in [0.2, 0.25) is 0 Å². The molecule has 3 nitrogen and oxygen atoms in total. The first-order valence-electron chi connectivity index (χ1n) is 6.06. The molecule has 90 valence electrons. The fourth-order valence-corrected chi connectivity index (χ4v) is 2.10. The van der Waals surface area contributed by atoms with E-state index in [0.717, 1.165) is 32.0 Å². The monoisotopic (exact) mass is 232 g/mol. The van der Waals surface area contributed by atoms with Crippen LogP contribution >= 0.6 is 0 Å². The summed E-state index contributed by atoms with van der Waals surface area (Å²) in [5.74, 6) is -0.283. The van der Waals surface area contributed by atoms with Crippen LogP contribution in [0.15, 0.2) is 24.3 Å². The normalized spacial score (nSPS) is 16.5. The lowest BCUT2D eigenvalue weighted by Gasteiger charge is -2.21. The van der Waals surface area contributed by atoms with Crippen LogP contribution in [-0.4, -0.2) is 18.4 Å². The predicted octanol–water partition coefficient (Wildman–Crippen LogP) is 2.99. The molecule has 0 unspecified atom stereocenters. The summed E-state index contributed by atoms with van der Waals surface area (Å²) in [5, 5.41) is 0. The molecule has 1 aromatic carbocycles. The second-order valence-corrected chi connectivity index (χ2v) is 4.41. The smallest absolute Gasteiger partial charge is 0.338 e. The zero-order valence-corrected chi connectivity index (χ0v) is 9.72. The van der Waals surface area contributed by atoms with E-state index in [1.807, 2.05) is 0 Å². The van der Waals surface area contributed by atoms with Crippen LogP contribution in [0.25, 0.3) is 0 Å². The molecule has 0 amide bonds. The summed E-state index contributed by atoms with van der Waals surface area (Å²) in [5.41, 5.74) is 1.08. The van der Waals surface area contributed by atoms with Gasteiger partial charge in [-0.15, -0.1) is 0 Å². The molecule has 0 N–H and O–H groups in total. The van der Waals surface area contributed by atoms with Gasteiger partial charge in [0, 0.05) is 5.56 Å². The Morgan fingerprint density at radius 3 is 2.35 bits per heavy atom. The number of carbonyl (C=O) groups excluding carboxylic acids is 2. The first kappa shape index (κ1) is 11.8. The van der Waals surface area contributed by atoms with E-state index in [4.69, 9.17) is 4.74 Å².